The summed E-state index contributed by atoms with van der Waals surface area (Å²) in [6, 6.07) is 14.1. The van der Waals surface area contributed by atoms with Gasteiger partial charge in [-0.25, -0.2) is 0 Å². The summed E-state index contributed by atoms with van der Waals surface area (Å²) in [5.74, 6) is -1.87. The number of benzene rings is 2. The Hall–Kier alpha value is -3.36. The number of aliphatic hydroxyl groups excluding tert-OH is 1. The van der Waals surface area contributed by atoms with Crippen molar-refractivity contribution in [3.05, 3.63) is 85.0 Å². The molecule has 3 aliphatic heterocycles. The van der Waals surface area contributed by atoms with Crippen LogP contribution in [0.15, 0.2) is 73.8 Å². The Kier molecular flexibility index (Phi) is 9.39. The smallest absolute Gasteiger partial charge is 0.251 e. The van der Waals surface area contributed by atoms with Crippen molar-refractivity contribution >= 4 is 40.9 Å². The lowest BCUT2D eigenvalue weighted by molar-refractivity contribution is -0.143. The van der Waals surface area contributed by atoms with Crippen LogP contribution in [0.25, 0.3) is 0 Å². The van der Waals surface area contributed by atoms with Gasteiger partial charge >= 0.3 is 0 Å². The summed E-state index contributed by atoms with van der Waals surface area (Å²) < 4.78 is -1.33. The molecule has 5 rings (SSSR count). The number of amides is 3. The third-order valence-electron chi connectivity index (χ3n) is 10.5. The van der Waals surface area contributed by atoms with Gasteiger partial charge < -0.3 is 19.8 Å². The summed E-state index contributed by atoms with van der Waals surface area (Å²) in [4.78, 5) is 50.0. The van der Waals surface area contributed by atoms with Crippen molar-refractivity contribution in [1.82, 2.24) is 4.90 Å². The van der Waals surface area contributed by atoms with E-state index in [9.17, 15) is 14.7 Å². The number of carbonyl (C=O) groups excluding carboxylic acids is 3. The molecule has 1 spiro atoms. The van der Waals surface area contributed by atoms with E-state index < -0.39 is 33.4 Å². The van der Waals surface area contributed by atoms with Crippen molar-refractivity contribution < 1.29 is 19.5 Å². The maximum Gasteiger partial charge on any atom is 0.251 e. The van der Waals surface area contributed by atoms with E-state index in [0.29, 0.717) is 19.4 Å². The molecule has 2 bridgehead atoms. The van der Waals surface area contributed by atoms with Crippen LogP contribution in [-0.2, 0) is 14.4 Å². The molecule has 3 amide bonds. The second kappa shape index (κ2) is 12.8. The molecule has 3 saturated heterocycles. The predicted molar refractivity (Wildman–Crippen MR) is 183 cm³/mol. The molecule has 7 nitrogen and oxygen atoms in total. The van der Waals surface area contributed by atoms with Crippen LogP contribution in [-0.4, -0.2) is 69.0 Å². The van der Waals surface area contributed by atoms with E-state index in [1.807, 2.05) is 76.2 Å². The fraction of sp³-hybridized carbons (Fsp3) is 0.486. The molecule has 7 atom stereocenters. The quantitative estimate of drug-likeness (QED) is 0.295. The number of hydrogen-bond acceptors (Lipinski definition) is 5. The average Bonchev–Trinajstić information content (AvgIpc) is 3.60. The highest BCUT2D eigenvalue weighted by Crippen LogP contribution is 2.72. The Morgan fingerprint density at radius 3 is 2.22 bits per heavy atom. The van der Waals surface area contributed by atoms with Crippen molar-refractivity contribution in [2.24, 2.45) is 17.8 Å². The van der Waals surface area contributed by atoms with Gasteiger partial charge in [-0.3, -0.25) is 14.4 Å². The van der Waals surface area contributed by atoms with Crippen molar-refractivity contribution in [1.29, 1.82) is 0 Å². The Labute approximate surface area is 272 Å². The lowest BCUT2D eigenvalue weighted by atomic mass is 9.66. The zero-order valence-corrected chi connectivity index (χ0v) is 28.1. The number of likely N-dealkylation sites (tertiary alicyclic amines) is 1. The second-order valence-corrected chi connectivity index (χ2v) is 15.1. The Balaban J connectivity index is 1.67. The molecule has 2 unspecified atom stereocenters. The van der Waals surface area contributed by atoms with Gasteiger partial charge in [0.2, 0.25) is 11.8 Å². The molecule has 45 heavy (non-hydrogen) atoms. The lowest BCUT2D eigenvalue weighted by Crippen LogP contribution is -2.59. The van der Waals surface area contributed by atoms with E-state index in [0.717, 1.165) is 28.9 Å². The summed E-state index contributed by atoms with van der Waals surface area (Å²) in [6.45, 7) is 18.3. The van der Waals surface area contributed by atoms with Crippen LogP contribution < -0.4 is 9.80 Å². The second-order valence-electron chi connectivity index (χ2n) is 13.2. The van der Waals surface area contributed by atoms with E-state index in [4.69, 9.17) is 0 Å². The Morgan fingerprint density at radius 1 is 1.02 bits per heavy atom. The lowest BCUT2D eigenvalue weighted by Gasteiger charge is -2.41. The van der Waals surface area contributed by atoms with E-state index in [2.05, 4.69) is 20.1 Å². The third kappa shape index (κ3) is 5.24. The van der Waals surface area contributed by atoms with Gasteiger partial charge in [0.1, 0.15) is 6.04 Å². The molecule has 1 N–H and O–H groups in total. The number of aliphatic hydroxyl groups is 1. The molecular weight excluding hydrogens is 582 g/mol. The number of anilines is 2. The number of rotatable bonds is 12. The minimum atomic E-state index is -0.839. The van der Waals surface area contributed by atoms with Gasteiger partial charge in [-0.05, 0) is 62.8 Å². The molecule has 0 aromatic heterocycles. The first-order chi connectivity index (χ1) is 21.5. The van der Waals surface area contributed by atoms with E-state index >= 15 is 4.79 Å². The van der Waals surface area contributed by atoms with Crippen molar-refractivity contribution in [3.8, 4) is 0 Å². The molecule has 3 heterocycles. The van der Waals surface area contributed by atoms with Gasteiger partial charge in [0.15, 0.2) is 0 Å². The Morgan fingerprint density at radius 2 is 1.64 bits per heavy atom. The molecule has 2 aromatic carbocycles. The molecule has 240 valence electrons. The van der Waals surface area contributed by atoms with Crippen LogP contribution in [0.3, 0.4) is 0 Å². The maximum absolute atomic E-state index is 15.2. The summed E-state index contributed by atoms with van der Waals surface area (Å²) >= 11 is 1.66. The van der Waals surface area contributed by atoms with Gasteiger partial charge in [0, 0.05) is 29.2 Å². The molecule has 0 saturated carbocycles. The maximum atomic E-state index is 15.2. The van der Waals surface area contributed by atoms with Crippen LogP contribution in [0.1, 0.15) is 51.2 Å². The highest BCUT2D eigenvalue weighted by atomic mass is 32.2. The number of aryl methyl sites for hydroxylation is 2. The molecular formula is C37H47N3O4S. The number of hydrogen-bond donors (Lipinski definition) is 1. The highest BCUT2D eigenvalue weighted by molar-refractivity contribution is 8.02. The van der Waals surface area contributed by atoms with Crippen LogP contribution in [0.2, 0.25) is 0 Å². The molecule has 3 aliphatic rings. The molecule has 2 aromatic rings. The van der Waals surface area contributed by atoms with Crippen molar-refractivity contribution in [3.63, 3.8) is 0 Å². The van der Waals surface area contributed by atoms with E-state index in [1.54, 1.807) is 38.6 Å². The standard InChI is InChI=1S/C37H47N3O4S/c1-8-21-38(27-17-12-11-13-18-27)33(42)29-30-34(43)40(28(23-41)24(4)10-3)32(37(30)20-19-36(29,7)45-37)35(44)39(22-9-2)31-25(5)15-14-16-26(31)6/h8-9,11-18,24,28-30,32,41H,1-2,10,19-23H2,3-7H3/t24-,28-,29-,30-,32?,36+,37?/m0/s1. The van der Waals surface area contributed by atoms with Gasteiger partial charge in [-0.1, -0.05) is 68.8 Å². The van der Waals surface area contributed by atoms with Gasteiger partial charge in [0.25, 0.3) is 5.91 Å². The normalized spacial score (nSPS) is 28.0. The SMILES string of the molecule is C=CCN(C(=O)[C@@H]1[C@H]2C(=O)N([C@@H](CO)[C@@H](C)CC)C(C(=O)N(CC=C)c3c(C)cccc3C)C23CC[C@@]1(C)S3)c1ccccc1. The highest BCUT2D eigenvalue weighted by Gasteiger charge is 2.78. The van der Waals surface area contributed by atoms with Crippen molar-refractivity contribution in [2.75, 3.05) is 29.5 Å². The fourth-order valence-electron chi connectivity index (χ4n) is 8.22. The number of fused-ring (bicyclic) bond motifs is 1. The van der Waals surface area contributed by atoms with E-state index in [-0.39, 0.29) is 36.8 Å². The molecule has 0 aliphatic carbocycles. The number of para-hydroxylation sites is 2. The minimum absolute atomic E-state index is 0.0500. The summed E-state index contributed by atoms with van der Waals surface area (Å²) in [7, 11) is 0. The first-order valence-electron chi connectivity index (χ1n) is 16.1. The fourth-order valence-corrected chi connectivity index (χ4v) is 10.5. The third-order valence-corrected chi connectivity index (χ3v) is 12.5. The van der Waals surface area contributed by atoms with Crippen molar-refractivity contribution in [2.45, 2.75) is 75.5 Å². The number of nitrogens with zero attached hydrogens (tertiary/aromatic N) is 3. The number of carbonyl (C=O) groups is 3. The molecule has 3 fully saturated rings. The predicted octanol–water partition coefficient (Wildman–Crippen LogP) is 5.93. The first-order valence-corrected chi connectivity index (χ1v) is 16.9. The number of thioether (sulfide) groups is 1. The van der Waals surface area contributed by atoms with Crippen LogP contribution in [0, 0.1) is 31.6 Å². The monoisotopic (exact) mass is 629 g/mol. The van der Waals surface area contributed by atoms with Gasteiger partial charge in [-0.2, -0.15) is 0 Å². The zero-order valence-electron chi connectivity index (χ0n) is 27.2. The first kappa shape index (κ1) is 33.0. The van der Waals surface area contributed by atoms with Crippen LogP contribution >= 0.6 is 11.8 Å². The Bertz CT molecular complexity index is 1460. The topological polar surface area (TPSA) is 81.2 Å². The van der Waals surface area contributed by atoms with Gasteiger partial charge in [0.05, 0.1) is 29.2 Å². The van der Waals surface area contributed by atoms with Crippen LogP contribution in [0.5, 0.6) is 0 Å². The summed E-state index contributed by atoms with van der Waals surface area (Å²) in [5, 5.41) is 10.8. The summed E-state index contributed by atoms with van der Waals surface area (Å²) in [6.07, 6.45) is 5.51. The van der Waals surface area contributed by atoms with Crippen LogP contribution in [0.4, 0.5) is 11.4 Å². The largest absolute Gasteiger partial charge is 0.394 e. The molecule has 8 heteroatoms. The van der Waals surface area contributed by atoms with E-state index in [1.165, 1.54) is 0 Å². The summed E-state index contributed by atoms with van der Waals surface area (Å²) in [5.41, 5.74) is 3.49. The van der Waals surface area contributed by atoms with Gasteiger partial charge in [-0.15, -0.1) is 24.9 Å². The minimum Gasteiger partial charge on any atom is -0.394 e. The zero-order chi connectivity index (χ0) is 32.7. The average molecular weight is 630 g/mol. The molecule has 0 radical (unpaired) electrons.